The van der Waals surface area contributed by atoms with Gasteiger partial charge < -0.3 is 8.85 Å². The summed E-state index contributed by atoms with van der Waals surface area (Å²) in [4.78, 5) is 0. The van der Waals surface area contributed by atoms with Crippen molar-refractivity contribution in [2.75, 3.05) is 6.61 Å². The zero-order valence-electron chi connectivity index (χ0n) is 26.2. The maximum absolute atomic E-state index is 6.43. The van der Waals surface area contributed by atoms with Gasteiger partial charge in [0, 0.05) is 6.61 Å². The van der Waals surface area contributed by atoms with Crippen LogP contribution in [0.5, 0.6) is 0 Å². The summed E-state index contributed by atoms with van der Waals surface area (Å²) >= 11 is 0. The van der Waals surface area contributed by atoms with Gasteiger partial charge in [0.1, 0.15) is 0 Å². The van der Waals surface area contributed by atoms with Crippen molar-refractivity contribution < 1.29 is 8.85 Å². The highest BCUT2D eigenvalue weighted by Crippen LogP contribution is 2.67. The largest absolute Gasteiger partial charge is 0.545 e. The maximum atomic E-state index is 6.43. The predicted octanol–water partition coefficient (Wildman–Crippen LogP) is 10.2. The summed E-state index contributed by atoms with van der Waals surface area (Å²) in [7, 11) is -2.94. The van der Waals surface area contributed by atoms with Crippen LogP contribution in [-0.2, 0) is 8.85 Å². The molecule has 0 saturated heterocycles. The van der Waals surface area contributed by atoms with Crippen LogP contribution in [0, 0.1) is 46.3 Å². The molecule has 4 aliphatic rings. The molecule has 0 spiro atoms. The second-order valence-electron chi connectivity index (χ2n) is 16.2. The zero-order chi connectivity index (χ0) is 27.2. The molecule has 0 radical (unpaired) electrons. The van der Waals surface area contributed by atoms with E-state index in [0.717, 1.165) is 36.2 Å². The van der Waals surface area contributed by atoms with E-state index < -0.39 is 16.6 Å². The first-order chi connectivity index (χ1) is 17.1. The van der Waals surface area contributed by atoms with Crippen LogP contribution in [0.3, 0.4) is 0 Å². The Labute approximate surface area is 232 Å². The van der Waals surface area contributed by atoms with Gasteiger partial charge in [-0.05, 0) is 149 Å². The van der Waals surface area contributed by atoms with Gasteiger partial charge in [0.25, 0.3) is 0 Å². The van der Waals surface area contributed by atoms with Crippen LogP contribution in [0.25, 0.3) is 0 Å². The van der Waals surface area contributed by atoms with Gasteiger partial charge in [-0.2, -0.15) is 0 Å². The molecule has 4 heteroatoms. The molecule has 0 aliphatic heterocycles. The van der Waals surface area contributed by atoms with Gasteiger partial charge in [0.05, 0.1) is 5.76 Å². The van der Waals surface area contributed by atoms with E-state index in [1.54, 1.807) is 5.57 Å². The molecule has 0 heterocycles. The Kier molecular flexibility index (Phi) is 8.75. The topological polar surface area (TPSA) is 18.5 Å². The van der Waals surface area contributed by atoms with E-state index in [0.29, 0.717) is 16.7 Å². The van der Waals surface area contributed by atoms with Crippen molar-refractivity contribution in [2.45, 2.75) is 131 Å². The van der Waals surface area contributed by atoms with E-state index in [-0.39, 0.29) is 0 Å². The molecule has 4 aliphatic carbocycles. The van der Waals surface area contributed by atoms with Crippen LogP contribution in [0.4, 0.5) is 0 Å². The number of fused-ring (bicyclic) bond motifs is 5. The fourth-order valence-electron chi connectivity index (χ4n) is 9.25. The molecule has 4 rings (SSSR count). The minimum atomic E-state index is -1.55. The number of hydrogen-bond acceptors (Lipinski definition) is 2. The molecule has 4 unspecified atom stereocenters. The van der Waals surface area contributed by atoms with E-state index in [9.17, 15) is 0 Å². The minimum Gasteiger partial charge on any atom is -0.545 e. The molecule has 8 atom stereocenters. The van der Waals surface area contributed by atoms with Gasteiger partial charge >= 0.3 is 0 Å². The minimum absolute atomic E-state index is 0.369. The summed E-state index contributed by atoms with van der Waals surface area (Å²) in [6.45, 7) is 25.1. The van der Waals surface area contributed by atoms with Crippen molar-refractivity contribution in [1.29, 1.82) is 0 Å². The van der Waals surface area contributed by atoms with E-state index in [2.05, 4.69) is 79.1 Å². The van der Waals surface area contributed by atoms with Crippen LogP contribution in [-0.4, -0.2) is 23.2 Å². The second-order valence-corrected chi connectivity index (χ2v) is 25.1. The molecule has 0 bridgehead atoms. The van der Waals surface area contributed by atoms with Crippen molar-refractivity contribution >= 4 is 16.6 Å². The van der Waals surface area contributed by atoms with E-state index in [1.807, 2.05) is 0 Å². The highest BCUT2D eigenvalue weighted by atomic mass is 28.4. The summed E-state index contributed by atoms with van der Waals surface area (Å²) in [6.07, 6.45) is 18.8. The molecule has 0 amide bonds. The Morgan fingerprint density at radius 3 is 2.32 bits per heavy atom. The molecule has 37 heavy (non-hydrogen) atoms. The lowest BCUT2D eigenvalue weighted by molar-refractivity contribution is -0.0551. The summed E-state index contributed by atoms with van der Waals surface area (Å²) in [5.41, 5.74) is 2.65. The van der Waals surface area contributed by atoms with E-state index >= 15 is 0 Å². The number of rotatable bonds is 10. The van der Waals surface area contributed by atoms with Gasteiger partial charge in [0.2, 0.25) is 8.32 Å². The third-order valence-corrected chi connectivity index (χ3v) is 13.0. The summed E-state index contributed by atoms with van der Waals surface area (Å²) in [5.74, 6) is 6.44. The lowest BCUT2D eigenvalue weighted by Crippen LogP contribution is -2.50. The zero-order valence-corrected chi connectivity index (χ0v) is 28.2. The first kappa shape index (κ1) is 29.7. The number of allylic oxidation sites excluding steroid dienone is 3. The fourth-order valence-corrected chi connectivity index (χ4v) is 10.9. The van der Waals surface area contributed by atoms with E-state index in [4.69, 9.17) is 8.85 Å². The van der Waals surface area contributed by atoms with Gasteiger partial charge in [-0.25, -0.2) is 0 Å². The molecule has 2 nitrogen and oxygen atoms in total. The first-order valence-electron chi connectivity index (χ1n) is 15.9. The van der Waals surface area contributed by atoms with Crippen molar-refractivity contribution in [1.82, 2.24) is 0 Å². The van der Waals surface area contributed by atoms with Crippen LogP contribution in [0.1, 0.15) is 91.9 Å². The molecule has 0 aromatic carbocycles. The van der Waals surface area contributed by atoms with Gasteiger partial charge in [0.15, 0.2) is 8.32 Å². The van der Waals surface area contributed by atoms with Crippen LogP contribution in [0.2, 0.25) is 39.3 Å². The quantitative estimate of drug-likeness (QED) is 0.255. The Hall–Kier alpha value is -0.326. The Bertz CT molecular complexity index is 865. The van der Waals surface area contributed by atoms with Crippen molar-refractivity contribution in [2.24, 2.45) is 46.3 Å². The summed E-state index contributed by atoms with van der Waals surface area (Å²) < 4.78 is 12.6. The highest BCUT2D eigenvalue weighted by Gasteiger charge is 2.59. The lowest BCUT2D eigenvalue weighted by Gasteiger charge is -2.58. The molecule has 0 aromatic heterocycles. The van der Waals surface area contributed by atoms with Gasteiger partial charge in [-0.1, -0.05) is 46.1 Å². The SMILES string of the molecule is CC(CCC[C@@H](C)[C@H]1CCC2C3CCC4=CC(O[Si](C)(C)C)=CC[C@]4(C)C3CC[C@@]21C)CO[Si](C)(C)C. The van der Waals surface area contributed by atoms with Crippen molar-refractivity contribution in [3.8, 4) is 0 Å². The molecule has 3 saturated carbocycles. The lowest BCUT2D eigenvalue weighted by atomic mass is 9.47. The monoisotopic (exact) mass is 544 g/mol. The molecule has 3 fully saturated rings. The Morgan fingerprint density at radius 1 is 0.919 bits per heavy atom. The maximum Gasteiger partial charge on any atom is 0.242 e. The summed E-state index contributed by atoms with van der Waals surface area (Å²) in [6, 6.07) is 0. The Morgan fingerprint density at radius 2 is 1.65 bits per heavy atom. The fraction of sp³-hybridized carbons (Fsp3) is 0.879. The van der Waals surface area contributed by atoms with Crippen LogP contribution in [0.15, 0.2) is 23.5 Å². The smallest absolute Gasteiger partial charge is 0.242 e. The third kappa shape index (κ3) is 6.54. The van der Waals surface area contributed by atoms with Crippen molar-refractivity contribution in [3.63, 3.8) is 0 Å². The highest BCUT2D eigenvalue weighted by molar-refractivity contribution is 6.70. The molecular weight excluding hydrogens is 485 g/mol. The van der Waals surface area contributed by atoms with E-state index in [1.165, 1.54) is 70.0 Å². The number of hydrogen-bond donors (Lipinski definition) is 0. The van der Waals surface area contributed by atoms with Gasteiger partial charge in [-0.3, -0.25) is 0 Å². The molecule has 0 N–H and O–H groups in total. The standard InChI is InChI=1S/C33H60O2Si2/c1-24(23-34-36(5,6)7)12-11-13-25(2)29-16-17-30-28-15-14-26-22-27(35-37(8,9)10)18-20-32(26,3)31(28)19-21-33(29,30)4/h18,22,24-25,28-31H,11-17,19-21,23H2,1-10H3/t24?,25-,28?,29-,30?,31?,32+,33-/m1/s1. The predicted molar refractivity (Wildman–Crippen MR) is 165 cm³/mol. The van der Waals surface area contributed by atoms with Gasteiger partial charge in [-0.15, -0.1) is 0 Å². The first-order valence-corrected chi connectivity index (χ1v) is 22.7. The van der Waals surface area contributed by atoms with Crippen LogP contribution < -0.4 is 0 Å². The van der Waals surface area contributed by atoms with Crippen LogP contribution >= 0.6 is 0 Å². The average molecular weight is 545 g/mol. The normalized spacial score (nSPS) is 37.6. The Balaban J connectivity index is 1.35. The molecule has 0 aromatic rings. The molecular formula is C33H60O2Si2. The second kappa shape index (κ2) is 10.9. The third-order valence-electron chi connectivity index (χ3n) is 11.1. The average Bonchev–Trinajstić information content (AvgIpc) is 3.14. The molecule has 212 valence electrons. The van der Waals surface area contributed by atoms with Crippen molar-refractivity contribution in [3.05, 3.63) is 23.5 Å². The summed E-state index contributed by atoms with van der Waals surface area (Å²) in [5, 5.41) is 0.